The Hall–Kier alpha value is -1.57. The van der Waals surface area contributed by atoms with Crippen LogP contribution in [0.3, 0.4) is 0 Å². The fourth-order valence-electron chi connectivity index (χ4n) is 1.25. The zero-order chi connectivity index (χ0) is 12.9. The highest BCUT2D eigenvalue weighted by molar-refractivity contribution is 5.91. The molecule has 0 aliphatic heterocycles. The van der Waals surface area contributed by atoms with Crippen molar-refractivity contribution in [3.8, 4) is 5.75 Å². The molecule has 92 valence electrons. The fourth-order valence-corrected chi connectivity index (χ4v) is 1.25. The van der Waals surface area contributed by atoms with E-state index in [9.17, 15) is 4.79 Å². The zero-order valence-electron chi connectivity index (χ0n) is 11.0. The molecule has 1 rings (SSSR count). The molecular formula is C15H20O2. The molecule has 0 radical (unpaired) electrons. The quantitative estimate of drug-likeness (QED) is 0.721. The number of hydrogen-bond donors (Lipinski definition) is 0. The Morgan fingerprint density at radius 2 is 1.88 bits per heavy atom. The summed E-state index contributed by atoms with van der Waals surface area (Å²) in [6.45, 7) is 7.77. The smallest absolute Gasteiger partial charge is 0.152 e. The van der Waals surface area contributed by atoms with Crippen molar-refractivity contribution in [2.24, 2.45) is 0 Å². The van der Waals surface area contributed by atoms with Crippen LogP contribution >= 0.6 is 0 Å². The van der Waals surface area contributed by atoms with E-state index in [4.69, 9.17) is 4.74 Å². The van der Waals surface area contributed by atoms with Gasteiger partial charge in [-0.1, -0.05) is 25.1 Å². The molecule has 0 N–H and O–H groups in total. The lowest BCUT2D eigenvalue weighted by molar-refractivity contribution is -0.112. The highest BCUT2D eigenvalue weighted by Crippen LogP contribution is 2.21. The number of allylic oxidation sites excluding steroid dienone is 1. The van der Waals surface area contributed by atoms with E-state index in [1.54, 1.807) is 12.2 Å². The summed E-state index contributed by atoms with van der Waals surface area (Å²) >= 11 is 0. The van der Waals surface area contributed by atoms with Crippen LogP contribution < -0.4 is 4.74 Å². The summed E-state index contributed by atoms with van der Waals surface area (Å²) in [5, 5.41) is 0. The van der Waals surface area contributed by atoms with Gasteiger partial charge >= 0.3 is 0 Å². The van der Waals surface area contributed by atoms with Crippen molar-refractivity contribution in [1.82, 2.24) is 0 Å². The molecule has 2 nitrogen and oxygen atoms in total. The van der Waals surface area contributed by atoms with Gasteiger partial charge in [-0.3, -0.25) is 4.79 Å². The van der Waals surface area contributed by atoms with Crippen LogP contribution in [0.5, 0.6) is 5.75 Å². The summed E-state index contributed by atoms with van der Waals surface area (Å²) in [5.41, 5.74) is 0.860. The van der Waals surface area contributed by atoms with Crippen LogP contribution in [0.2, 0.25) is 0 Å². The van der Waals surface area contributed by atoms with Gasteiger partial charge in [-0.25, -0.2) is 0 Å². The monoisotopic (exact) mass is 232 g/mol. The van der Waals surface area contributed by atoms with Crippen molar-refractivity contribution in [2.75, 3.05) is 0 Å². The third-order valence-corrected chi connectivity index (χ3v) is 2.64. The topological polar surface area (TPSA) is 26.3 Å². The summed E-state index contributed by atoms with van der Waals surface area (Å²) < 4.78 is 5.84. The molecule has 0 saturated carbocycles. The maximum absolute atomic E-state index is 10.8. The number of carbonyl (C=O) groups excluding carboxylic acids is 1. The predicted octanol–water partition coefficient (Wildman–Crippen LogP) is 3.86. The van der Waals surface area contributed by atoms with Gasteiger partial charge in [0, 0.05) is 0 Å². The molecule has 0 amide bonds. The van der Waals surface area contributed by atoms with Crippen molar-refractivity contribution in [3.63, 3.8) is 0 Å². The normalized spacial score (nSPS) is 11.8. The first-order valence-electron chi connectivity index (χ1n) is 5.91. The van der Waals surface area contributed by atoms with Crippen LogP contribution in [0.4, 0.5) is 0 Å². The van der Waals surface area contributed by atoms with E-state index >= 15 is 0 Å². The maximum Gasteiger partial charge on any atom is 0.152 e. The van der Waals surface area contributed by atoms with Gasteiger partial charge in [0.2, 0.25) is 0 Å². The molecule has 17 heavy (non-hydrogen) atoms. The Morgan fingerprint density at radius 1 is 1.29 bits per heavy atom. The summed E-state index contributed by atoms with van der Waals surface area (Å²) in [5.74, 6) is 0.911. The Kier molecular flexibility index (Phi) is 4.50. The Balaban J connectivity index is 2.71. The van der Waals surface area contributed by atoms with Crippen LogP contribution in [-0.2, 0) is 4.79 Å². The predicted molar refractivity (Wildman–Crippen MR) is 71.2 cm³/mol. The lowest BCUT2D eigenvalue weighted by Crippen LogP contribution is -2.26. The van der Waals surface area contributed by atoms with Gasteiger partial charge in [0.05, 0.1) is 0 Å². The summed E-state index contributed by atoms with van der Waals surface area (Å²) in [6, 6.07) is 7.75. The molecule has 0 heterocycles. The van der Waals surface area contributed by atoms with Gasteiger partial charge in [-0.05, 0) is 51.0 Å². The third kappa shape index (κ3) is 4.85. The Morgan fingerprint density at radius 3 is 2.35 bits per heavy atom. The molecule has 0 aliphatic carbocycles. The van der Waals surface area contributed by atoms with E-state index in [1.807, 2.05) is 24.3 Å². The van der Waals surface area contributed by atoms with E-state index in [-0.39, 0.29) is 11.4 Å². The minimum absolute atomic E-state index is 0.0532. The van der Waals surface area contributed by atoms with Gasteiger partial charge < -0.3 is 4.74 Å². The third-order valence-electron chi connectivity index (χ3n) is 2.64. The number of rotatable bonds is 5. The SMILES string of the molecule is CCC(C)(C)Oc1ccc(/C=C/C(C)=O)cc1. The van der Waals surface area contributed by atoms with Crippen LogP contribution in [0.15, 0.2) is 30.3 Å². The second-order valence-corrected chi connectivity index (χ2v) is 4.73. The van der Waals surface area contributed by atoms with Crippen LogP contribution in [0.25, 0.3) is 6.08 Å². The van der Waals surface area contributed by atoms with Gasteiger partial charge in [0.15, 0.2) is 5.78 Å². The molecule has 2 heteroatoms. The van der Waals surface area contributed by atoms with Crippen molar-refractivity contribution in [1.29, 1.82) is 0 Å². The summed E-state index contributed by atoms with van der Waals surface area (Å²) in [6.07, 6.45) is 4.32. The second kappa shape index (κ2) is 5.67. The fraction of sp³-hybridized carbons (Fsp3) is 0.400. The zero-order valence-corrected chi connectivity index (χ0v) is 11.0. The molecule has 1 aromatic rings. The number of ketones is 1. The van der Waals surface area contributed by atoms with E-state index in [0.717, 1.165) is 17.7 Å². The van der Waals surface area contributed by atoms with Crippen LogP contribution in [0, 0.1) is 0 Å². The van der Waals surface area contributed by atoms with Gasteiger partial charge in [0.1, 0.15) is 11.4 Å². The van der Waals surface area contributed by atoms with Crippen LogP contribution in [-0.4, -0.2) is 11.4 Å². The van der Waals surface area contributed by atoms with Crippen molar-refractivity contribution in [3.05, 3.63) is 35.9 Å². The maximum atomic E-state index is 10.8. The molecule has 0 aromatic heterocycles. The molecule has 0 bridgehead atoms. The molecule has 0 unspecified atom stereocenters. The van der Waals surface area contributed by atoms with Gasteiger partial charge in [-0.15, -0.1) is 0 Å². The molecule has 0 atom stereocenters. The number of benzene rings is 1. The average molecular weight is 232 g/mol. The summed E-state index contributed by atoms with van der Waals surface area (Å²) in [7, 11) is 0. The largest absolute Gasteiger partial charge is 0.488 e. The highest BCUT2D eigenvalue weighted by Gasteiger charge is 2.16. The lowest BCUT2D eigenvalue weighted by atomic mass is 10.1. The molecule has 0 spiro atoms. The molecular weight excluding hydrogens is 212 g/mol. The first-order valence-corrected chi connectivity index (χ1v) is 5.91. The Bertz CT molecular complexity index is 399. The van der Waals surface area contributed by atoms with Gasteiger partial charge in [-0.2, -0.15) is 0 Å². The first kappa shape index (κ1) is 13.5. The number of hydrogen-bond acceptors (Lipinski definition) is 2. The molecule has 0 fully saturated rings. The standard InChI is InChI=1S/C15H20O2/c1-5-15(3,4)17-14-10-8-13(9-11-14)7-6-12(2)16/h6-11H,5H2,1-4H3/b7-6+. The molecule has 0 saturated heterocycles. The molecule has 1 aromatic carbocycles. The summed E-state index contributed by atoms with van der Waals surface area (Å²) in [4.78, 5) is 10.8. The van der Waals surface area contributed by atoms with E-state index in [1.165, 1.54) is 6.92 Å². The van der Waals surface area contributed by atoms with E-state index in [0.29, 0.717) is 0 Å². The first-order chi connectivity index (χ1) is 7.93. The number of ether oxygens (including phenoxy) is 1. The lowest BCUT2D eigenvalue weighted by Gasteiger charge is -2.24. The second-order valence-electron chi connectivity index (χ2n) is 4.73. The van der Waals surface area contributed by atoms with E-state index < -0.39 is 0 Å². The highest BCUT2D eigenvalue weighted by atomic mass is 16.5. The minimum Gasteiger partial charge on any atom is -0.488 e. The average Bonchev–Trinajstić information content (AvgIpc) is 2.28. The van der Waals surface area contributed by atoms with Gasteiger partial charge in [0.25, 0.3) is 0 Å². The Labute approximate surface area is 103 Å². The van der Waals surface area contributed by atoms with Crippen molar-refractivity contribution in [2.45, 2.75) is 39.7 Å². The number of carbonyl (C=O) groups is 1. The van der Waals surface area contributed by atoms with Crippen molar-refractivity contribution < 1.29 is 9.53 Å². The van der Waals surface area contributed by atoms with Crippen molar-refractivity contribution >= 4 is 11.9 Å². The minimum atomic E-state index is -0.142. The molecule has 0 aliphatic rings. The van der Waals surface area contributed by atoms with Crippen LogP contribution in [0.1, 0.15) is 39.7 Å². The van der Waals surface area contributed by atoms with E-state index in [2.05, 4.69) is 20.8 Å².